The lowest BCUT2D eigenvalue weighted by atomic mass is 10.1. The summed E-state index contributed by atoms with van der Waals surface area (Å²) in [6.07, 6.45) is 3.25. The van der Waals surface area contributed by atoms with Crippen LogP contribution in [0.4, 0.5) is 5.69 Å². The molecule has 3 N–H and O–H groups in total. The van der Waals surface area contributed by atoms with E-state index in [0.717, 1.165) is 0 Å². The predicted molar refractivity (Wildman–Crippen MR) is 124 cm³/mol. The van der Waals surface area contributed by atoms with E-state index in [2.05, 4.69) is 52.4 Å². The molecule has 0 saturated carbocycles. The van der Waals surface area contributed by atoms with Gasteiger partial charge < -0.3 is 20.4 Å². The number of nitrogens with zero attached hydrogens (tertiary/aromatic N) is 1. The number of hydrogen-bond acceptors (Lipinski definition) is 4. The van der Waals surface area contributed by atoms with Crippen LogP contribution in [0.15, 0.2) is 61.1 Å². The van der Waals surface area contributed by atoms with E-state index in [1.807, 2.05) is 12.1 Å². The minimum Gasteiger partial charge on any atom is -0.497 e. The summed E-state index contributed by atoms with van der Waals surface area (Å²) in [7, 11) is 0.155. The summed E-state index contributed by atoms with van der Waals surface area (Å²) >= 11 is 0. The first-order chi connectivity index (χ1) is 14.8. The molecule has 0 spiro atoms. The van der Waals surface area contributed by atoms with Gasteiger partial charge in [0, 0.05) is 11.9 Å². The number of carbonyl (C=O) groups excluding carboxylic acids is 2. The van der Waals surface area contributed by atoms with E-state index < -0.39 is 14.1 Å². The Bertz CT molecular complexity index is 1010. The Balaban J connectivity index is 1.78. The van der Waals surface area contributed by atoms with Gasteiger partial charge in [-0.2, -0.15) is 0 Å². The molecule has 1 unspecified atom stereocenters. The molecular weight excluding hydrogens is 408 g/mol. The van der Waals surface area contributed by atoms with Crippen molar-refractivity contribution in [3.8, 4) is 5.75 Å². The summed E-state index contributed by atoms with van der Waals surface area (Å²) in [6.45, 7) is 6.82. The maximum absolute atomic E-state index is 13.1. The van der Waals surface area contributed by atoms with Gasteiger partial charge in [-0.05, 0) is 29.8 Å². The van der Waals surface area contributed by atoms with Gasteiger partial charge in [-0.15, -0.1) is 0 Å². The van der Waals surface area contributed by atoms with Crippen LogP contribution in [0.1, 0.15) is 17.3 Å². The quantitative estimate of drug-likeness (QED) is 0.473. The molecule has 0 bridgehead atoms. The van der Waals surface area contributed by atoms with E-state index in [0.29, 0.717) is 22.7 Å². The molecule has 162 valence electrons. The number of aromatic amines is 1. The van der Waals surface area contributed by atoms with Crippen molar-refractivity contribution in [1.29, 1.82) is 0 Å². The zero-order chi connectivity index (χ0) is 22.4. The molecule has 1 heterocycles. The number of aromatic nitrogens is 2. The Morgan fingerprint density at radius 2 is 1.74 bits per heavy atom. The third-order valence-corrected chi connectivity index (χ3v) is 7.00. The first kappa shape index (κ1) is 22.3. The van der Waals surface area contributed by atoms with Gasteiger partial charge in [0.15, 0.2) is 0 Å². The van der Waals surface area contributed by atoms with Crippen molar-refractivity contribution in [1.82, 2.24) is 15.3 Å². The van der Waals surface area contributed by atoms with Gasteiger partial charge >= 0.3 is 0 Å². The average Bonchev–Trinajstić information content (AvgIpc) is 3.25. The maximum Gasteiger partial charge on any atom is 0.251 e. The Hall–Kier alpha value is -3.39. The number of hydrogen-bond donors (Lipinski definition) is 3. The normalized spacial score (nSPS) is 12.1. The van der Waals surface area contributed by atoms with Gasteiger partial charge in [-0.25, -0.2) is 4.98 Å². The number of benzene rings is 2. The Kier molecular flexibility index (Phi) is 6.91. The van der Waals surface area contributed by atoms with Crippen LogP contribution in [0.3, 0.4) is 0 Å². The third kappa shape index (κ3) is 6.05. The van der Waals surface area contributed by atoms with Gasteiger partial charge in [-0.3, -0.25) is 9.59 Å². The molecular formula is C23H28N4O3Si. The average molecular weight is 437 g/mol. The van der Waals surface area contributed by atoms with Gasteiger partial charge in [0.1, 0.15) is 11.8 Å². The van der Waals surface area contributed by atoms with Crippen LogP contribution in [0.25, 0.3) is 0 Å². The van der Waals surface area contributed by atoms with Crippen molar-refractivity contribution in [2.75, 3.05) is 12.4 Å². The Morgan fingerprint density at radius 1 is 1.06 bits per heavy atom. The van der Waals surface area contributed by atoms with Gasteiger partial charge in [-0.1, -0.05) is 49.1 Å². The molecule has 31 heavy (non-hydrogen) atoms. The summed E-state index contributed by atoms with van der Waals surface area (Å²) in [4.78, 5) is 32.6. The van der Waals surface area contributed by atoms with Gasteiger partial charge in [0.05, 0.1) is 33.6 Å². The van der Waals surface area contributed by atoms with E-state index >= 15 is 0 Å². The number of amides is 2. The highest BCUT2D eigenvalue weighted by molar-refractivity contribution is 6.88. The highest BCUT2D eigenvalue weighted by atomic mass is 28.3. The number of ether oxygens (including phenoxy) is 1. The van der Waals surface area contributed by atoms with Crippen LogP contribution in [-0.2, 0) is 16.0 Å². The van der Waals surface area contributed by atoms with Crippen LogP contribution in [0.5, 0.6) is 5.75 Å². The molecule has 8 heteroatoms. The van der Waals surface area contributed by atoms with Crippen LogP contribution >= 0.6 is 0 Å². The second kappa shape index (κ2) is 9.61. The smallest absolute Gasteiger partial charge is 0.251 e. The highest BCUT2D eigenvalue weighted by Gasteiger charge is 2.24. The molecule has 1 atom stereocenters. The monoisotopic (exact) mass is 436 g/mol. The molecule has 3 aromatic rings. The number of H-pyrrole nitrogens is 1. The lowest BCUT2D eigenvalue weighted by Gasteiger charge is -2.20. The Labute approximate surface area is 183 Å². The number of carbonyl (C=O) groups is 2. The molecule has 7 nitrogen and oxygen atoms in total. The van der Waals surface area contributed by atoms with Crippen molar-refractivity contribution in [2.24, 2.45) is 0 Å². The minimum absolute atomic E-state index is 0.0777. The third-order valence-electron chi connectivity index (χ3n) is 4.93. The van der Waals surface area contributed by atoms with Gasteiger partial charge in [0.2, 0.25) is 5.91 Å². The van der Waals surface area contributed by atoms with E-state index in [1.54, 1.807) is 37.6 Å². The fraction of sp³-hybridized carbons (Fsp3) is 0.261. The number of methoxy groups -OCH3 is 1. The molecule has 2 aromatic carbocycles. The maximum atomic E-state index is 13.1. The number of anilines is 1. The van der Waals surface area contributed by atoms with E-state index in [9.17, 15) is 9.59 Å². The highest BCUT2D eigenvalue weighted by Crippen LogP contribution is 2.20. The largest absolute Gasteiger partial charge is 0.497 e. The minimum atomic E-state index is -1.42. The van der Waals surface area contributed by atoms with Crippen LogP contribution in [0.2, 0.25) is 19.6 Å². The standard InChI is InChI=1S/C23H28N4O3Si/c1-30-19-9-5-16(6-10-19)22(27-21(28)13-18-14-24-15-25-18)23(29)26-17-7-11-20(12-8-17)31(2,3)4/h5-12,14-15,22H,13H2,1-4H3,(H,24,25)(H,26,29)(H,27,28). The van der Waals surface area contributed by atoms with E-state index in [1.165, 1.54) is 11.5 Å². The first-order valence-electron chi connectivity index (χ1n) is 10.1. The molecule has 0 aliphatic heterocycles. The molecule has 2 amide bonds. The van der Waals surface area contributed by atoms with Crippen LogP contribution in [0, 0.1) is 0 Å². The number of nitrogens with one attached hydrogen (secondary N) is 3. The van der Waals surface area contributed by atoms with Crippen molar-refractivity contribution >= 4 is 30.8 Å². The molecule has 0 radical (unpaired) electrons. The second-order valence-corrected chi connectivity index (χ2v) is 13.4. The fourth-order valence-electron chi connectivity index (χ4n) is 3.13. The van der Waals surface area contributed by atoms with E-state index in [4.69, 9.17) is 4.74 Å². The summed E-state index contributed by atoms with van der Waals surface area (Å²) in [5.74, 6) is 0.0612. The van der Waals surface area contributed by atoms with Crippen molar-refractivity contribution in [2.45, 2.75) is 32.1 Å². The second-order valence-electron chi connectivity index (χ2n) is 8.33. The molecule has 0 aliphatic carbocycles. The first-order valence-corrected chi connectivity index (χ1v) is 13.6. The summed E-state index contributed by atoms with van der Waals surface area (Å²) in [5, 5.41) is 7.06. The molecule has 3 rings (SSSR count). The van der Waals surface area contributed by atoms with E-state index in [-0.39, 0.29) is 18.2 Å². The van der Waals surface area contributed by atoms with Crippen molar-refractivity contribution in [3.63, 3.8) is 0 Å². The molecule has 1 aromatic heterocycles. The topological polar surface area (TPSA) is 96.1 Å². The summed E-state index contributed by atoms with van der Waals surface area (Å²) < 4.78 is 5.20. The molecule has 0 fully saturated rings. The van der Waals surface area contributed by atoms with Crippen LogP contribution < -0.4 is 20.6 Å². The predicted octanol–water partition coefficient (Wildman–Crippen LogP) is 3.00. The summed E-state index contributed by atoms with van der Waals surface area (Å²) in [5.41, 5.74) is 1.95. The Morgan fingerprint density at radius 3 is 2.29 bits per heavy atom. The SMILES string of the molecule is COc1ccc(C(NC(=O)Cc2c[nH]cn2)C(=O)Nc2ccc([Si](C)(C)C)cc2)cc1. The van der Waals surface area contributed by atoms with Crippen LogP contribution in [-0.4, -0.2) is 37.0 Å². The zero-order valence-corrected chi connectivity index (χ0v) is 19.2. The lowest BCUT2D eigenvalue weighted by molar-refractivity contribution is -0.126. The van der Waals surface area contributed by atoms with Gasteiger partial charge in [0.25, 0.3) is 5.91 Å². The number of rotatable bonds is 8. The lowest BCUT2D eigenvalue weighted by Crippen LogP contribution is -2.38. The zero-order valence-electron chi connectivity index (χ0n) is 18.2. The fourth-order valence-corrected chi connectivity index (χ4v) is 4.30. The molecule has 0 aliphatic rings. The summed E-state index contributed by atoms with van der Waals surface area (Å²) in [6, 6.07) is 14.1. The van der Waals surface area contributed by atoms with Crippen molar-refractivity contribution < 1.29 is 14.3 Å². The molecule has 0 saturated heterocycles. The number of imidazole rings is 1. The van der Waals surface area contributed by atoms with Crippen molar-refractivity contribution in [3.05, 3.63) is 72.3 Å².